The smallest absolute Gasteiger partial charge is 0.0522 e. The number of nitrogens with one attached hydrogen (secondary N) is 1. The van der Waals surface area contributed by atoms with E-state index in [4.69, 9.17) is 0 Å². The normalized spacial score (nSPS) is 13.9. The molecule has 0 aromatic carbocycles. The van der Waals surface area contributed by atoms with E-state index in [2.05, 4.69) is 56.1 Å². The SMILES string of the molecule is CCNC(Cc1cnn(C)c1)C(CC)(CC)N(CC)CC. The minimum Gasteiger partial charge on any atom is -0.312 e. The molecule has 1 aromatic rings. The van der Waals surface area contributed by atoms with Gasteiger partial charge in [-0.1, -0.05) is 34.6 Å². The first-order valence-electron chi connectivity index (χ1n) is 8.53. The molecule has 1 rings (SSSR count). The van der Waals surface area contributed by atoms with Crippen molar-refractivity contribution < 1.29 is 0 Å². The second-order valence-electron chi connectivity index (χ2n) is 5.82. The Bertz CT molecular complexity index is 391. The third-order valence-electron chi connectivity index (χ3n) is 4.92. The molecule has 0 saturated carbocycles. The first-order chi connectivity index (χ1) is 10.1. The quantitative estimate of drug-likeness (QED) is 0.720. The van der Waals surface area contributed by atoms with Crippen molar-refractivity contribution in [2.24, 2.45) is 7.05 Å². The fourth-order valence-corrected chi connectivity index (χ4v) is 3.78. The van der Waals surface area contributed by atoms with Gasteiger partial charge in [0, 0.05) is 24.8 Å². The van der Waals surface area contributed by atoms with Crippen molar-refractivity contribution in [1.29, 1.82) is 0 Å². The molecule has 0 bridgehead atoms. The molecule has 1 N–H and O–H groups in total. The Labute approximate surface area is 130 Å². The molecule has 0 spiro atoms. The van der Waals surface area contributed by atoms with Crippen molar-refractivity contribution in [2.45, 2.75) is 65.5 Å². The molecule has 4 heteroatoms. The van der Waals surface area contributed by atoms with Gasteiger partial charge in [0.15, 0.2) is 0 Å². The van der Waals surface area contributed by atoms with Gasteiger partial charge in [-0.05, 0) is 44.5 Å². The Kier molecular flexibility index (Phi) is 7.40. The number of hydrogen-bond donors (Lipinski definition) is 1. The molecule has 0 saturated heterocycles. The van der Waals surface area contributed by atoms with Gasteiger partial charge in [-0.2, -0.15) is 5.10 Å². The largest absolute Gasteiger partial charge is 0.312 e. The first-order valence-corrected chi connectivity index (χ1v) is 8.53. The maximum atomic E-state index is 4.32. The van der Waals surface area contributed by atoms with Gasteiger partial charge in [-0.3, -0.25) is 9.58 Å². The van der Waals surface area contributed by atoms with E-state index in [0.29, 0.717) is 6.04 Å². The minimum absolute atomic E-state index is 0.218. The molecule has 0 radical (unpaired) electrons. The van der Waals surface area contributed by atoms with Crippen LogP contribution >= 0.6 is 0 Å². The number of likely N-dealkylation sites (N-methyl/N-ethyl adjacent to an activating group) is 2. The van der Waals surface area contributed by atoms with Gasteiger partial charge in [-0.25, -0.2) is 0 Å². The van der Waals surface area contributed by atoms with E-state index in [9.17, 15) is 0 Å². The zero-order valence-corrected chi connectivity index (χ0v) is 14.8. The summed E-state index contributed by atoms with van der Waals surface area (Å²) in [5.41, 5.74) is 1.54. The van der Waals surface area contributed by atoms with Gasteiger partial charge >= 0.3 is 0 Å². The summed E-state index contributed by atoms with van der Waals surface area (Å²) in [6.07, 6.45) is 7.53. The lowest BCUT2D eigenvalue weighted by atomic mass is 9.79. The van der Waals surface area contributed by atoms with E-state index in [-0.39, 0.29) is 5.54 Å². The van der Waals surface area contributed by atoms with Crippen LogP contribution in [0.1, 0.15) is 53.0 Å². The summed E-state index contributed by atoms with van der Waals surface area (Å²) in [6.45, 7) is 14.6. The second-order valence-corrected chi connectivity index (χ2v) is 5.82. The molecule has 1 heterocycles. The van der Waals surface area contributed by atoms with Crippen molar-refractivity contribution in [1.82, 2.24) is 20.0 Å². The predicted octanol–water partition coefficient (Wildman–Crippen LogP) is 2.84. The maximum absolute atomic E-state index is 4.32. The number of aryl methyl sites for hydroxylation is 1. The number of aromatic nitrogens is 2. The predicted molar refractivity (Wildman–Crippen MR) is 90.6 cm³/mol. The second kappa shape index (κ2) is 8.54. The van der Waals surface area contributed by atoms with Crippen LogP contribution in [0.5, 0.6) is 0 Å². The zero-order chi connectivity index (χ0) is 15.9. The van der Waals surface area contributed by atoms with Crippen LogP contribution in [0.15, 0.2) is 12.4 Å². The van der Waals surface area contributed by atoms with Crippen molar-refractivity contribution in [3.8, 4) is 0 Å². The Morgan fingerprint density at radius 3 is 2.19 bits per heavy atom. The van der Waals surface area contributed by atoms with E-state index in [1.165, 1.54) is 18.4 Å². The highest BCUT2D eigenvalue weighted by Crippen LogP contribution is 2.30. The number of rotatable bonds is 10. The minimum atomic E-state index is 0.218. The van der Waals surface area contributed by atoms with Gasteiger partial charge in [-0.15, -0.1) is 0 Å². The van der Waals surface area contributed by atoms with Crippen LogP contribution in [-0.4, -0.2) is 45.9 Å². The average Bonchev–Trinajstić information content (AvgIpc) is 2.90. The summed E-state index contributed by atoms with van der Waals surface area (Å²) in [6, 6.07) is 0.460. The highest BCUT2D eigenvalue weighted by molar-refractivity contribution is 5.11. The van der Waals surface area contributed by atoms with Crippen molar-refractivity contribution in [3.63, 3.8) is 0 Å². The highest BCUT2D eigenvalue weighted by Gasteiger charge is 2.39. The van der Waals surface area contributed by atoms with Gasteiger partial charge in [0.25, 0.3) is 0 Å². The van der Waals surface area contributed by atoms with E-state index >= 15 is 0 Å². The maximum Gasteiger partial charge on any atom is 0.0522 e. The van der Waals surface area contributed by atoms with E-state index < -0.39 is 0 Å². The van der Waals surface area contributed by atoms with Crippen LogP contribution in [0.2, 0.25) is 0 Å². The lowest BCUT2D eigenvalue weighted by Gasteiger charge is -2.48. The van der Waals surface area contributed by atoms with Gasteiger partial charge in [0.05, 0.1) is 6.20 Å². The monoisotopic (exact) mass is 294 g/mol. The molecule has 0 aliphatic carbocycles. The Balaban J connectivity index is 3.06. The average molecular weight is 294 g/mol. The van der Waals surface area contributed by atoms with E-state index in [0.717, 1.165) is 26.1 Å². The molecule has 21 heavy (non-hydrogen) atoms. The fraction of sp³-hybridized carbons (Fsp3) is 0.824. The number of nitrogens with zero attached hydrogens (tertiary/aromatic N) is 3. The molecule has 0 aliphatic heterocycles. The Morgan fingerprint density at radius 1 is 1.19 bits per heavy atom. The molecule has 0 fully saturated rings. The lowest BCUT2D eigenvalue weighted by Crippen LogP contribution is -2.61. The highest BCUT2D eigenvalue weighted by atomic mass is 15.2. The molecule has 1 unspecified atom stereocenters. The summed E-state index contributed by atoms with van der Waals surface area (Å²) in [5.74, 6) is 0. The molecule has 4 nitrogen and oxygen atoms in total. The lowest BCUT2D eigenvalue weighted by molar-refractivity contribution is 0.0498. The third-order valence-corrected chi connectivity index (χ3v) is 4.92. The summed E-state index contributed by atoms with van der Waals surface area (Å²) in [5, 5.41) is 8.08. The summed E-state index contributed by atoms with van der Waals surface area (Å²) < 4.78 is 1.90. The standard InChI is InChI=1S/C17H34N4/c1-7-17(8-2,21(10-4)11-5)16(18-9-3)12-15-13-19-20(6)14-15/h13-14,16,18H,7-12H2,1-6H3. The Hall–Kier alpha value is -0.870. The molecule has 1 aromatic heterocycles. The molecular weight excluding hydrogens is 260 g/mol. The van der Waals surface area contributed by atoms with E-state index in [1.807, 2.05) is 17.9 Å². The summed E-state index contributed by atoms with van der Waals surface area (Å²) in [7, 11) is 1.99. The number of hydrogen-bond acceptors (Lipinski definition) is 3. The van der Waals surface area contributed by atoms with Crippen LogP contribution in [0, 0.1) is 0 Å². The van der Waals surface area contributed by atoms with Crippen molar-refractivity contribution >= 4 is 0 Å². The van der Waals surface area contributed by atoms with Crippen molar-refractivity contribution in [3.05, 3.63) is 18.0 Å². The molecule has 122 valence electrons. The van der Waals surface area contributed by atoms with Crippen LogP contribution in [0.25, 0.3) is 0 Å². The molecule has 1 atom stereocenters. The van der Waals surface area contributed by atoms with E-state index in [1.54, 1.807) is 0 Å². The summed E-state index contributed by atoms with van der Waals surface area (Å²) in [4.78, 5) is 2.64. The van der Waals surface area contributed by atoms with Crippen LogP contribution in [0.4, 0.5) is 0 Å². The third kappa shape index (κ3) is 4.07. The van der Waals surface area contributed by atoms with Gasteiger partial charge in [0.1, 0.15) is 0 Å². The van der Waals surface area contributed by atoms with Crippen molar-refractivity contribution in [2.75, 3.05) is 19.6 Å². The zero-order valence-electron chi connectivity index (χ0n) is 14.8. The topological polar surface area (TPSA) is 33.1 Å². The molecule has 0 amide bonds. The van der Waals surface area contributed by atoms with Crippen LogP contribution in [0.3, 0.4) is 0 Å². The van der Waals surface area contributed by atoms with Crippen LogP contribution in [-0.2, 0) is 13.5 Å². The fourth-order valence-electron chi connectivity index (χ4n) is 3.78. The molecule has 0 aliphatic rings. The summed E-state index contributed by atoms with van der Waals surface area (Å²) >= 11 is 0. The van der Waals surface area contributed by atoms with Crippen LogP contribution < -0.4 is 5.32 Å². The van der Waals surface area contributed by atoms with Gasteiger partial charge in [0.2, 0.25) is 0 Å². The Morgan fingerprint density at radius 2 is 1.81 bits per heavy atom. The molecular formula is C17H34N4. The first kappa shape index (κ1) is 18.2. The van der Waals surface area contributed by atoms with Gasteiger partial charge < -0.3 is 5.32 Å².